The number of hydrogen-bond acceptors (Lipinski definition) is 5. The number of benzene rings is 2. The smallest absolute Gasteiger partial charge is 0.276 e. The number of aryl methyl sites for hydroxylation is 2. The van der Waals surface area contributed by atoms with Gasteiger partial charge >= 0.3 is 0 Å². The summed E-state index contributed by atoms with van der Waals surface area (Å²) in [6.45, 7) is 4.00. The first-order chi connectivity index (χ1) is 12.1. The summed E-state index contributed by atoms with van der Waals surface area (Å²) >= 11 is 1.38. The van der Waals surface area contributed by atoms with Crippen molar-refractivity contribution >= 4 is 23.4 Å². The molecule has 0 bridgehead atoms. The van der Waals surface area contributed by atoms with E-state index in [-0.39, 0.29) is 5.91 Å². The molecule has 0 radical (unpaired) electrons. The predicted octanol–water partition coefficient (Wildman–Crippen LogP) is 4.47. The van der Waals surface area contributed by atoms with Crippen LogP contribution in [0, 0.1) is 13.8 Å². The zero-order valence-electron chi connectivity index (χ0n) is 14.2. The first-order valence-corrected chi connectivity index (χ1v) is 8.99. The van der Waals surface area contributed by atoms with Crippen molar-refractivity contribution in [2.45, 2.75) is 25.5 Å². The van der Waals surface area contributed by atoms with Gasteiger partial charge in [0.25, 0.3) is 5.22 Å². The topological polar surface area (TPSA) is 68.0 Å². The maximum Gasteiger partial charge on any atom is 0.276 e. The zero-order chi connectivity index (χ0) is 17.6. The van der Waals surface area contributed by atoms with Crippen LogP contribution in [0.5, 0.6) is 0 Å². The van der Waals surface area contributed by atoms with E-state index in [1.54, 1.807) is 0 Å². The molecule has 3 rings (SSSR count). The number of nitrogens with one attached hydrogen (secondary N) is 1. The molecular weight excluding hydrogens is 334 g/mol. The lowest BCUT2D eigenvalue weighted by Crippen LogP contribution is -2.12. The molecule has 0 saturated carbocycles. The molecule has 0 spiro atoms. The summed E-state index contributed by atoms with van der Waals surface area (Å²) < 4.78 is 5.64. The molecule has 2 aromatic carbocycles. The minimum Gasteiger partial charge on any atom is -0.411 e. The highest BCUT2D eigenvalue weighted by Gasteiger charge is 2.10. The molecule has 6 heteroatoms. The van der Waals surface area contributed by atoms with Crippen LogP contribution in [0.1, 0.15) is 17.5 Å². The molecule has 0 aliphatic rings. The highest BCUT2D eigenvalue weighted by Crippen LogP contribution is 2.24. The zero-order valence-corrected chi connectivity index (χ0v) is 15.0. The Kier molecular flexibility index (Phi) is 5.50. The first kappa shape index (κ1) is 17.2. The van der Waals surface area contributed by atoms with Gasteiger partial charge in [-0.3, -0.25) is 4.79 Å². The van der Waals surface area contributed by atoms with Crippen molar-refractivity contribution in [2.24, 2.45) is 0 Å². The Balaban J connectivity index is 1.50. The van der Waals surface area contributed by atoms with Gasteiger partial charge in [-0.2, -0.15) is 0 Å². The van der Waals surface area contributed by atoms with E-state index < -0.39 is 0 Å². The van der Waals surface area contributed by atoms with E-state index >= 15 is 0 Å². The number of nitrogens with zero attached hydrogens (tertiary/aromatic N) is 2. The van der Waals surface area contributed by atoms with Crippen molar-refractivity contribution in [2.75, 3.05) is 11.1 Å². The number of rotatable bonds is 6. The lowest BCUT2D eigenvalue weighted by atomic mass is 10.1. The molecule has 1 heterocycles. The van der Waals surface area contributed by atoms with Gasteiger partial charge in [-0.05, 0) is 37.6 Å². The first-order valence-electron chi connectivity index (χ1n) is 8.00. The van der Waals surface area contributed by atoms with Crippen LogP contribution >= 0.6 is 11.8 Å². The largest absolute Gasteiger partial charge is 0.411 e. The van der Waals surface area contributed by atoms with Gasteiger partial charge in [0.15, 0.2) is 0 Å². The number of para-hydroxylation sites is 1. The van der Waals surface area contributed by atoms with E-state index in [0.717, 1.165) is 16.8 Å². The number of carbonyl (C=O) groups excluding carboxylic acids is 1. The fraction of sp³-hybridized carbons (Fsp3) is 0.211. The van der Waals surface area contributed by atoms with E-state index in [1.807, 2.05) is 62.4 Å². The molecule has 25 heavy (non-hydrogen) atoms. The third-order valence-electron chi connectivity index (χ3n) is 3.68. The van der Waals surface area contributed by atoms with Gasteiger partial charge in [0.2, 0.25) is 11.8 Å². The van der Waals surface area contributed by atoms with E-state index in [9.17, 15) is 4.79 Å². The molecule has 1 aromatic heterocycles. The average molecular weight is 353 g/mol. The predicted molar refractivity (Wildman–Crippen MR) is 99.6 cm³/mol. The van der Waals surface area contributed by atoms with Gasteiger partial charge in [0.05, 0.1) is 0 Å². The quantitative estimate of drug-likeness (QED) is 0.662. The minimum absolute atomic E-state index is 0.0277. The standard InChI is InChI=1S/C19H19N3O2S/c1-13-7-9-15(10-8-13)18-21-22-19(24-18)25-12-11-17(23)20-16-6-4-3-5-14(16)2/h3-10H,11-12H2,1-2H3,(H,20,23). The summed E-state index contributed by atoms with van der Waals surface area (Å²) in [5.74, 6) is 1.04. The molecule has 0 aliphatic carbocycles. The van der Waals surface area contributed by atoms with Crippen LogP contribution in [-0.4, -0.2) is 21.9 Å². The van der Waals surface area contributed by atoms with Gasteiger partial charge in [-0.15, -0.1) is 10.2 Å². The second-order valence-electron chi connectivity index (χ2n) is 5.70. The SMILES string of the molecule is Cc1ccc(-c2nnc(SCCC(=O)Nc3ccccc3C)o2)cc1. The van der Waals surface area contributed by atoms with Crippen LogP contribution in [-0.2, 0) is 4.79 Å². The number of carbonyl (C=O) groups is 1. The Bertz CT molecular complexity index is 859. The highest BCUT2D eigenvalue weighted by atomic mass is 32.2. The maximum absolute atomic E-state index is 12.0. The van der Waals surface area contributed by atoms with Gasteiger partial charge < -0.3 is 9.73 Å². The van der Waals surface area contributed by atoms with Crippen LogP contribution in [0.15, 0.2) is 58.2 Å². The Morgan fingerprint density at radius 1 is 1.08 bits per heavy atom. The minimum atomic E-state index is -0.0277. The normalized spacial score (nSPS) is 10.6. The van der Waals surface area contributed by atoms with E-state index in [2.05, 4.69) is 15.5 Å². The Morgan fingerprint density at radius 2 is 1.84 bits per heavy atom. The number of amides is 1. The van der Waals surface area contributed by atoms with E-state index in [1.165, 1.54) is 17.3 Å². The van der Waals surface area contributed by atoms with Crippen LogP contribution < -0.4 is 5.32 Å². The monoisotopic (exact) mass is 353 g/mol. The van der Waals surface area contributed by atoms with Gasteiger partial charge in [-0.1, -0.05) is 47.7 Å². The lowest BCUT2D eigenvalue weighted by Gasteiger charge is -2.07. The molecule has 0 aliphatic heterocycles. The van der Waals surface area contributed by atoms with Crippen LogP contribution in [0.4, 0.5) is 5.69 Å². The number of hydrogen-bond donors (Lipinski definition) is 1. The van der Waals surface area contributed by atoms with Crippen LogP contribution in [0.3, 0.4) is 0 Å². The molecule has 128 valence electrons. The van der Waals surface area contributed by atoms with Crippen LogP contribution in [0.2, 0.25) is 0 Å². The lowest BCUT2D eigenvalue weighted by molar-refractivity contribution is -0.115. The molecule has 1 amide bonds. The third-order valence-corrected chi connectivity index (χ3v) is 4.50. The van der Waals surface area contributed by atoms with Crippen molar-refractivity contribution in [1.82, 2.24) is 10.2 Å². The number of thioether (sulfide) groups is 1. The van der Waals surface area contributed by atoms with Gasteiger partial charge in [0.1, 0.15) is 0 Å². The summed E-state index contributed by atoms with van der Waals surface area (Å²) in [7, 11) is 0. The van der Waals surface area contributed by atoms with Crippen molar-refractivity contribution < 1.29 is 9.21 Å². The molecule has 3 aromatic rings. The van der Waals surface area contributed by atoms with Gasteiger partial charge in [-0.25, -0.2) is 0 Å². The number of aromatic nitrogens is 2. The molecule has 0 unspecified atom stereocenters. The molecule has 0 fully saturated rings. The molecule has 5 nitrogen and oxygen atoms in total. The number of anilines is 1. The summed E-state index contributed by atoms with van der Waals surface area (Å²) in [5.41, 5.74) is 3.96. The van der Waals surface area contributed by atoms with Crippen molar-refractivity contribution in [1.29, 1.82) is 0 Å². The fourth-order valence-corrected chi connectivity index (χ4v) is 2.94. The Morgan fingerprint density at radius 3 is 2.60 bits per heavy atom. The summed E-state index contributed by atoms with van der Waals surface area (Å²) in [5, 5.41) is 11.5. The Labute approximate surface area is 150 Å². The molecule has 0 atom stereocenters. The van der Waals surface area contributed by atoms with E-state index in [0.29, 0.717) is 23.3 Å². The summed E-state index contributed by atoms with van der Waals surface area (Å²) in [6, 6.07) is 15.6. The fourth-order valence-electron chi connectivity index (χ4n) is 2.24. The summed E-state index contributed by atoms with van der Waals surface area (Å²) in [6.07, 6.45) is 0.376. The Hall–Kier alpha value is -2.60. The van der Waals surface area contributed by atoms with E-state index in [4.69, 9.17) is 4.42 Å². The average Bonchev–Trinajstić information content (AvgIpc) is 3.06. The second-order valence-corrected chi connectivity index (χ2v) is 6.75. The second kappa shape index (κ2) is 7.98. The molecular formula is C19H19N3O2S. The molecule has 0 saturated heterocycles. The van der Waals surface area contributed by atoms with Crippen molar-refractivity contribution in [3.63, 3.8) is 0 Å². The molecule has 1 N–H and O–H groups in total. The van der Waals surface area contributed by atoms with Gasteiger partial charge in [0, 0.05) is 23.4 Å². The van der Waals surface area contributed by atoms with Crippen molar-refractivity contribution in [3.8, 4) is 11.5 Å². The third kappa shape index (κ3) is 4.70. The van der Waals surface area contributed by atoms with Crippen LogP contribution in [0.25, 0.3) is 11.5 Å². The highest BCUT2D eigenvalue weighted by molar-refractivity contribution is 7.99. The van der Waals surface area contributed by atoms with Crippen molar-refractivity contribution in [3.05, 3.63) is 59.7 Å². The summed E-state index contributed by atoms with van der Waals surface area (Å²) in [4.78, 5) is 12.0. The maximum atomic E-state index is 12.0.